The van der Waals surface area contributed by atoms with Crippen LogP contribution in [-0.4, -0.2) is 13.1 Å². The van der Waals surface area contributed by atoms with Gasteiger partial charge in [0.2, 0.25) is 0 Å². The van der Waals surface area contributed by atoms with E-state index in [1.165, 1.54) is 19.3 Å². The van der Waals surface area contributed by atoms with Gasteiger partial charge in [0.15, 0.2) is 0 Å². The second kappa shape index (κ2) is 3.58. The third-order valence-electron chi connectivity index (χ3n) is 3.35. The van der Waals surface area contributed by atoms with Crippen molar-refractivity contribution in [3.8, 4) is 0 Å². The van der Waals surface area contributed by atoms with Gasteiger partial charge in [-0.05, 0) is 49.1 Å². The van der Waals surface area contributed by atoms with E-state index >= 15 is 0 Å². The van der Waals surface area contributed by atoms with E-state index in [0.717, 1.165) is 13.1 Å². The Morgan fingerprint density at radius 2 is 1.77 bits per heavy atom. The maximum Gasteiger partial charge on any atom is -0.00229 e. The highest BCUT2D eigenvalue weighted by atomic mass is 14.6. The Balaban J connectivity index is 2.71. The zero-order valence-corrected chi connectivity index (χ0v) is 9.27. The summed E-state index contributed by atoms with van der Waals surface area (Å²) in [5.74, 6) is 0.678. The molecule has 1 aliphatic carbocycles. The van der Waals surface area contributed by atoms with Gasteiger partial charge in [0.05, 0.1) is 0 Å². The SMILES string of the molecule is CC1(C)CC(CN)CC(C)(CN)C1. The van der Waals surface area contributed by atoms with E-state index in [4.69, 9.17) is 11.5 Å². The monoisotopic (exact) mass is 184 g/mol. The second-order valence-corrected chi connectivity index (χ2v) is 5.87. The molecular weight excluding hydrogens is 160 g/mol. The smallest absolute Gasteiger partial charge is 0.00229 e. The van der Waals surface area contributed by atoms with Gasteiger partial charge in [0, 0.05) is 0 Å². The van der Waals surface area contributed by atoms with Gasteiger partial charge in [-0.15, -0.1) is 0 Å². The Morgan fingerprint density at radius 1 is 1.15 bits per heavy atom. The van der Waals surface area contributed by atoms with Crippen molar-refractivity contribution in [1.29, 1.82) is 0 Å². The van der Waals surface area contributed by atoms with Crippen molar-refractivity contribution in [2.75, 3.05) is 13.1 Å². The van der Waals surface area contributed by atoms with E-state index < -0.39 is 0 Å². The third kappa shape index (κ3) is 2.68. The summed E-state index contributed by atoms with van der Waals surface area (Å²) in [6, 6.07) is 0. The Bertz CT molecular complexity index is 177. The lowest BCUT2D eigenvalue weighted by molar-refractivity contribution is 0.0636. The summed E-state index contributed by atoms with van der Waals surface area (Å²) < 4.78 is 0. The van der Waals surface area contributed by atoms with Crippen molar-refractivity contribution in [3.05, 3.63) is 0 Å². The minimum absolute atomic E-state index is 0.325. The molecule has 2 unspecified atom stereocenters. The largest absolute Gasteiger partial charge is 0.330 e. The predicted octanol–water partition coefficient (Wildman–Crippen LogP) is 1.74. The van der Waals surface area contributed by atoms with Crippen LogP contribution in [0.2, 0.25) is 0 Å². The molecule has 1 fully saturated rings. The zero-order valence-electron chi connectivity index (χ0n) is 9.27. The number of hydrogen-bond acceptors (Lipinski definition) is 2. The summed E-state index contributed by atoms with van der Waals surface area (Å²) >= 11 is 0. The van der Waals surface area contributed by atoms with Gasteiger partial charge in [-0.3, -0.25) is 0 Å². The molecule has 13 heavy (non-hydrogen) atoms. The van der Waals surface area contributed by atoms with Crippen LogP contribution in [0.1, 0.15) is 40.0 Å². The first-order valence-electron chi connectivity index (χ1n) is 5.31. The molecule has 1 saturated carbocycles. The number of rotatable bonds is 2. The predicted molar refractivity (Wildman–Crippen MR) is 57.3 cm³/mol. The lowest BCUT2D eigenvalue weighted by Crippen LogP contribution is -2.42. The van der Waals surface area contributed by atoms with Crippen LogP contribution in [-0.2, 0) is 0 Å². The van der Waals surface area contributed by atoms with E-state index in [-0.39, 0.29) is 0 Å². The van der Waals surface area contributed by atoms with Gasteiger partial charge in [0.1, 0.15) is 0 Å². The first kappa shape index (κ1) is 11.0. The first-order chi connectivity index (χ1) is 5.91. The van der Waals surface area contributed by atoms with Crippen LogP contribution in [0.15, 0.2) is 0 Å². The second-order valence-electron chi connectivity index (χ2n) is 5.87. The summed E-state index contributed by atoms with van der Waals surface area (Å²) in [6.45, 7) is 8.59. The van der Waals surface area contributed by atoms with E-state index in [0.29, 0.717) is 16.7 Å². The van der Waals surface area contributed by atoms with Crippen LogP contribution < -0.4 is 11.5 Å². The van der Waals surface area contributed by atoms with Crippen molar-refractivity contribution in [3.63, 3.8) is 0 Å². The molecule has 0 aromatic carbocycles. The fourth-order valence-corrected chi connectivity index (χ4v) is 3.17. The average Bonchev–Trinajstić information content (AvgIpc) is 2.01. The van der Waals surface area contributed by atoms with Gasteiger partial charge >= 0.3 is 0 Å². The highest BCUT2D eigenvalue weighted by Gasteiger charge is 2.39. The molecule has 1 aliphatic rings. The summed E-state index contributed by atoms with van der Waals surface area (Å²) in [7, 11) is 0. The highest BCUT2D eigenvalue weighted by Crippen LogP contribution is 2.47. The van der Waals surface area contributed by atoms with Crippen LogP contribution in [0.25, 0.3) is 0 Å². The lowest BCUT2D eigenvalue weighted by atomic mass is 9.61. The fourth-order valence-electron chi connectivity index (χ4n) is 3.17. The molecule has 0 saturated heterocycles. The van der Waals surface area contributed by atoms with E-state index in [9.17, 15) is 0 Å². The topological polar surface area (TPSA) is 52.0 Å². The van der Waals surface area contributed by atoms with Crippen molar-refractivity contribution in [2.45, 2.75) is 40.0 Å². The van der Waals surface area contributed by atoms with Crippen molar-refractivity contribution in [2.24, 2.45) is 28.2 Å². The standard InChI is InChI=1S/C11H24N2/c1-10(2)4-9(6-12)5-11(3,7-10)8-13/h9H,4-8,12-13H2,1-3H3. The maximum absolute atomic E-state index is 5.83. The van der Waals surface area contributed by atoms with E-state index in [1.54, 1.807) is 0 Å². The molecule has 4 N–H and O–H groups in total. The summed E-state index contributed by atoms with van der Waals surface area (Å²) in [5.41, 5.74) is 12.3. The molecular formula is C11H24N2. The molecule has 2 nitrogen and oxygen atoms in total. The van der Waals surface area contributed by atoms with Crippen molar-refractivity contribution < 1.29 is 0 Å². The third-order valence-corrected chi connectivity index (χ3v) is 3.35. The minimum atomic E-state index is 0.325. The maximum atomic E-state index is 5.83. The Labute approximate surface area is 82.1 Å². The molecule has 0 aromatic heterocycles. The van der Waals surface area contributed by atoms with Gasteiger partial charge in [-0.2, -0.15) is 0 Å². The number of nitrogens with two attached hydrogens (primary N) is 2. The van der Waals surface area contributed by atoms with Crippen LogP contribution in [0, 0.1) is 16.7 Å². The Morgan fingerprint density at radius 3 is 2.23 bits per heavy atom. The van der Waals surface area contributed by atoms with Crippen LogP contribution in [0.5, 0.6) is 0 Å². The van der Waals surface area contributed by atoms with Gasteiger partial charge in [-0.25, -0.2) is 0 Å². The summed E-state index contributed by atoms with van der Waals surface area (Å²) in [4.78, 5) is 0. The van der Waals surface area contributed by atoms with Crippen LogP contribution >= 0.6 is 0 Å². The molecule has 0 bridgehead atoms. The average molecular weight is 184 g/mol. The quantitative estimate of drug-likeness (QED) is 0.687. The molecule has 0 heterocycles. The van der Waals surface area contributed by atoms with Gasteiger partial charge < -0.3 is 11.5 Å². The molecule has 78 valence electrons. The van der Waals surface area contributed by atoms with E-state index in [2.05, 4.69) is 20.8 Å². The van der Waals surface area contributed by atoms with E-state index in [1.807, 2.05) is 0 Å². The molecule has 0 spiro atoms. The molecule has 2 atom stereocenters. The molecule has 0 aromatic rings. The molecule has 1 rings (SSSR count). The summed E-state index contributed by atoms with van der Waals surface area (Å²) in [5, 5.41) is 0. The van der Waals surface area contributed by atoms with Crippen molar-refractivity contribution in [1.82, 2.24) is 0 Å². The molecule has 0 aliphatic heterocycles. The van der Waals surface area contributed by atoms with Crippen LogP contribution in [0.4, 0.5) is 0 Å². The fraction of sp³-hybridized carbons (Fsp3) is 1.00. The first-order valence-corrected chi connectivity index (χ1v) is 5.31. The Hall–Kier alpha value is -0.0800. The Kier molecular flexibility index (Phi) is 3.03. The normalized spacial score (nSPS) is 39.0. The highest BCUT2D eigenvalue weighted by molar-refractivity contribution is 4.92. The van der Waals surface area contributed by atoms with Gasteiger partial charge in [0.25, 0.3) is 0 Å². The number of hydrogen-bond donors (Lipinski definition) is 2. The molecule has 0 amide bonds. The summed E-state index contributed by atoms with van der Waals surface area (Å²) in [6.07, 6.45) is 3.72. The van der Waals surface area contributed by atoms with Gasteiger partial charge in [-0.1, -0.05) is 20.8 Å². The van der Waals surface area contributed by atoms with Crippen LogP contribution in [0.3, 0.4) is 0 Å². The zero-order chi connectivity index (χ0) is 10.1. The lowest BCUT2D eigenvalue weighted by Gasteiger charge is -2.46. The van der Waals surface area contributed by atoms with Crippen molar-refractivity contribution >= 4 is 0 Å². The molecule has 2 heteroatoms. The minimum Gasteiger partial charge on any atom is -0.330 e. The molecule has 0 radical (unpaired) electrons.